The van der Waals surface area contributed by atoms with Crippen molar-refractivity contribution >= 4 is 29.5 Å². The smallest absolute Gasteiger partial charge is 0.363 e. The first-order chi connectivity index (χ1) is 14.1. The van der Waals surface area contributed by atoms with Crippen LogP contribution in [0.25, 0.3) is 6.08 Å². The Balaban J connectivity index is 1.60. The molecule has 1 aliphatic rings. The van der Waals surface area contributed by atoms with E-state index in [1.54, 1.807) is 36.4 Å². The molecule has 0 spiro atoms. The Hall–Kier alpha value is -3.44. The lowest BCUT2D eigenvalue weighted by Gasteiger charge is -2.10. The largest absolute Gasteiger partial charge is 0.488 e. The van der Waals surface area contributed by atoms with Crippen LogP contribution >= 0.6 is 11.6 Å². The molecule has 3 aromatic rings. The number of carbonyl (C=O) groups excluding carboxylic acids is 1. The van der Waals surface area contributed by atoms with Crippen molar-refractivity contribution in [1.82, 2.24) is 0 Å². The molecule has 4 nitrogen and oxygen atoms in total. The Labute approximate surface area is 171 Å². The van der Waals surface area contributed by atoms with E-state index in [9.17, 15) is 9.18 Å². The molecule has 0 aromatic heterocycles. The molecule has 0 bridgehead atoms. The van der Waals surface area contributed by atoms with Gasteiger partial charge in [-0.3, -0.25) is 0 Å². The number of carbonyl (C=O) groups is 1. The van der Waals surface area contributed by atoms with Crippen LogP contribution in [0.1, 0.15) is 16.7 Å². The lowest BCUT2D eigenvalue weighted by atomic mass is 10.1. The van der Waals surface area contributed by atoms with Gasteiger partial charge in [0.05, 0.1) is 0 Å². The molecule has 0 radical (unpaired) electrons. The predicted molar refractivity (Wildman–Crippen MR) is 109 cm³/mol. The van der Waals surface area contributed by atoms with Gasteiger partial charge in [-0.2, -0.15) is 0 Å². The van der Waals surface area contributed by atoms with Crippen LogP contribution in [-0.2, 0) is 16.1 Å². The lowest BCUT2D eigenvalue weighted by Crippen LogP contribution is -2.05. The van der Waals surface area contributed by atoms with Crippen LogP contribution in [0.5, 0.6) is 5.75 Å². The number of hydrogen-bond acceptors (Lipinski definition) is 4. The van der Waals surface area contributed by atoms with E-state index in [0.29, 0.717) is 21.9 Å². The van der Waals surface area contributed by atoms with E-state index in [2.05, 4.69) is 4.99 Å². The van der Waals surface area contributed by atoms with Gasteiger partial charge in [-0.25, -0.2) is 14.2 Å². The summed E-state index contributed by atoms with van der Waals surface area (Å²) in [7, 11) is 0. The fourth-order valence-electron chi connectivity index (χ4n) is 2.77. The summed E-state index contributed by atoms with van der Waals surface area (Å²) in [5.74, 6) is -0.0918. The fourth-order valence-corrected chi connectivity index (χ4v) is 2.95. The Bertz CT molecular complexity index is 1110. The zero-order chi connectivity index (χ0) is 20.2. The SMILES string of the molecule is O=C1OC(c2ccccc2)=NC1=Cc1cc(Cl)ccc1OCc1ccc(F)cc1. The first-order valence-electron chi connectivity index (χ1n) is 8.83. The molecule has 0 amide bonds. The van der Waals surface area contributed by atoms with Crippen molar-refractivity contribution in [2.75, 3.05) is 0 Å². The van der Waals surface area contributed by atoms with E-state index >= 15 is 0 Å². The second-order valence-electron chi connectivity index (χ2n) is 6.30. The third-order valence-electron chi connectivity index (χ3n) is 4.21. The van der Waals surface area contributed by atoms with Crippen molar-refractivity contribution in [3.63, 3.8) is 0 Å². The average molecular weight is 408 g/mol. The highest BCUT2D eigenvalue weighted by Gasteiger charge is 2.24. The van der Waals surface area contributed by atoms with Crippen LogP contribution < -0.4 is 4.74 Å². The van der Waals surface area contributed by atoms with Crippen LogP contribution in [0.15, 0.2) is 83.5 Å². The lowest BCUT2D eigenvalue weighted by molar-refractivity contribution is -0.129. The number of aliphatic imine (C=N–C) groups is 1. The average Bonchev–Trinajstić information content (AvgIpc) is 3.10. The molecule has 6 heteroatoms. The minimum absolute atomic E-state index is 0.151. The van der Waals surface area contributed by atoms with Crippen molar-refractivity contribution in [2.45, 2.75) is 6.61 Å². The van der Waals surface area contributed by atoms with Crippen molar-refractivity contribution in [3.05, 3.63) is 106 Å². The Morgan fingerprint density at radius 2 is 1.79 bits per heavy atom. The summed E-state index contributed by atoms with van der Waals surface area (Å²) in [5.41, 5.74) is 2.26. The number of esters is 1. The first-order valence-corrected chi connectivity index (χ1v) is 9.21. The Morgan fingerprint density at radius 1 is 1.03 bits per heavy atom. The molecular formula is C23H15ClFNO3. The van der Waals surface area contributed by atoms with E-state index in [0.717, 1.165) is 5.56 Å². The van der Waals surface area contributed by atoms with Gasteiger partial charge in [0.25, 0.3) is 0 Å². The minimum Gasteiger partial charge on any atom is -0.488 e. The Kier molecular flexibility index (Phi) is 5.40. The molecular weight excluding hydrogens is 393 g/mol. The van der Waals surface area contributed by atoms with E-state index in [-0.39, 0.29) is 24.0 Å². The van der Waals surface area contributed by atoms with Gasteiger partial charge in [-0.15, -0.1) is 0 Å². The molecule has 0 atom stereocenters. The first kappa shape index (κ1) is 18.9. The molecule has 0 N–H and O–H groups in total. The van der Waals surface area contributed by atoms with E-state index in [4.69, 9.17) is 21.1 Å². The molecule has 1 aliphatic heterocycles. The highest BCUT2D eigenvalue weighted by atomic mass is 35.5. The monoisotopic (exact) mass is 407 g/mol. The maximum Gasteiger partial charge on any atom is 0.363 e. The summed E-state index contributed by atoms with van der Waals surface area (Å²) in [4.78, 5) is 16.6. The highest BCUT2D eigenvalue weighted by molar-refractivity contribution is 6.30. The summed E-state index contributed by atoms with van der Waals surface area (Å²) < 4.78 is 24.2. The summed E-state index contributed by atoms with van der Waals surface area (Å²) >= 11 is 6.12. The predicted octanol–water partition coefficient (Wildman–Crippen LogP) is 5.40. The summed E-state index contributed by atoms with van der Waals surface area (Å²) in [5, 5.41) is 0.490. The molecule has 3 aromatic carbocycles. The maximum absolute atomic E-state index is 13.1. The summed E-state index contributed by atoms with van der Waals surface area (Å²) in [6.07, 6.45) is 1.57. The standard InChI is InChI=1S/C23H15ClFNO3/c24-18-8-11-21(28-14-15-6-9-19(25)10-7-15)17(12-18)13-20-23(27)29-22(26-20)16-4-2-1-3-5-16/h1-13H,14H2. The van der Waals surface area contributed by atoms with E-state index in [1.807, 2.05) is 30.3 Å². The number of halogens is 2. The third kappa shape index (κ3) is 4.52. The summed E-state index contributed by atoms with van der Waals surface area (Å²) in [6.45, 7) is 0.237. The number of nitrogens with zero attached hydrogens (tertiary/aromatic N) is 1. The minimum atomic E-state index is -0.548. The van der Waals surface area contributed by atoms with Gasteiger partial charge in [0.1, 0.15) is 18.2 Å². The number of ether oxygens (including phenoxy) is 2. The molecule has 0 saturated heterocycles. The normalized spacial score (nSPS) is 14.6. The quantitative estimate of drug-likeness (QED) is 0.420. The zero-order valence-corrected chi connectivity index (χ0v) is 15.9. The molecule has 4 rings (SSSR count). The van der Waals surface area contributed by atoms with Gasteiger partial charge in [0.2, 0.25) is 5.90 Å². The zero-order valence-electron chi connectivity index (χ0n) is 15.1. The van der Waals surface area contributed by atoms with E-state index in [1.165, 1.54) is 12.1 Å². The van der Waals surface area contributed by atoms with Crippen LogP contribution in [0, 0.1) is 5.82 Å². The second kappa shape index (κ2) is 8.29. The second-order valence-corrected chi connectivity index (χ2v) is 6.74. The van der Waals surface area contributed by atoms with Crippen LogP contribution in [0.3, 0.4) is 0 Å². The molecule has 1 heterocycles. The third-order valence-corrected chi connectivity index (χ3v) is 4.45. The number of cyclic esters (lactones) is 1. The topological polar surface area (TPSA) is 47.9 Å². The molecule has 0 aliphatic carbocycles. The van der Waals surface area contributed by atoms with Crippen LogP contribution in [0.2, 0.25) is 5.02 Å². The van der Waals surface area contributed by atoms with Crippen molar-refractivity contribution in [2.24, 2.45) is 4.99 Å². The van der Waals surface area contributed by atoms with Crippen LogP contribution in [-0.4, -0.2) is 11.9 Å². The molecule has 144 valence electrons. The van der Waals surface area contributed by atoms with Gasteiger partial charge in [-0.05, 0) is 54.1 Å². The van der Waals surface area contributed by atoms with Crippen molar-refractivity contribution in [3.8, 4) is 5.75 Å². The van der Waals surface area contributed by atoms with Gasteiger partial charge in [0.15, 0.2) is 5.70 Å². The van der Waals surface area contributed by atoms with Gasteiger partial charge in [0, 0.05) is 16.1 Å². The van der Waals surface area contributed by atoms with Gasteiger partial charge in [-0.1, -0.05) is 41.9 Å². The van der Waals surface area contributed by atoms with E-state index < -0.39 is 5.97 Å². The number of hydrogen-bond donors (Lipinski definition) is 0. The van der Waals surface area contributed by atoms with Crippen molar-refractivity contribution < 1.29 is 18.7 Å². The molecule has 0 unspecified atom stereocenters. The highest BCUT2D eigenvalue weighted by Crippen LogP contribution is 2.28. The molecule has 29 heavy (non-hydrogen) atoms. The van der Waals surface area contributed by atoms with Gasteiger partial charge < -0.3 is 9.47 Å². The Morgan fingerprint density at radius 3 is 2.55 bits per heavy atom. The fraction of sp³-hybridized carbons (Fsp3) is 0.0435. The van der Waals surface area contributed by atoms with Crippen molar-refractivity contribution in [1.29, 1.82) is 0 Å². The molecule has 0 fully saturated rings. The summed E-state index contributed by atoms with van der Waals surface area (Å²) in [6, 6.07) is 20.3. The van der Waals surface area contributed by atoms with Gasteiger partial charge >= 0.3 is 5.97 Å². The number of rotatable bonds is 5. The van der Waals surface area contributed by atoms with Crippen LogP contribution in [0.4, 0.5) is 4.39 Å². The number of benzene rings is 3. The maximum atomic E-state index is 13.1. The molecule has 0 saturated carbocycles.